The van der Waals surface area contributed by atoms with Gasteiger partial charge in [-0.15, -0.1) is 0 Å². The Hall–Kier alpha value is -0.990. The van der Waals surface area contributed by atoms with Gasteiger partial charge < -0.3 is 0 Å². The Labute approximate surface area is 84.6 Å². The minimum Gasteiger partial charge on any atom is -0.241 e. The molecule has 0 N–H and O–H groups in total. The molecule has 1 aromatic rings. The van der Waals surface area contributed by atoms with Crippen LogP contribution in [0.2, 0.25) is 0 Å². The van der Waals surface area contributed by atoms with Crippen LogP contribution in [-0.2, 0) is 0 Å². The Balaban J connectivity index is 0.000000461. The molecule has 3 heteroatoms. The van der Waals surface area contributed by atoms with Crippen molar-refractivity contribution in [2.24, 2.45) is 0 Å². The summed E-state index contributed by atoms with van der Waals surface area (Å²) in [6.45, 7) is 7.93. The molecule has 0 aromatic carbocycles. The van der Waals surface area contributed by atoms with Gasteiger partial charge >= 0.3 is 0 Å². The summed E-state index contributed by atoms with van der Waals surface area (Å²) in [6.07, 6.45) is 1.13. The molecular formula is C11H17FN2. The van der Waals surface area contributed by atoms with E-state index in [1.807, 2.05) is 27.7 Å². The first-order chi connectivity index (χ1) is 6.70. The first-order valence-corrected chi connectivity index (χ1v) is 5.15. The van der Waals surface area contributed by atoms with Crippen LogP contribution in [0.4, 0.5) is 4.39 Å². The molecule has 0 saturated heterocycles. The van der Waals surface area contributed by atoms with Crippen LogP contribution < -0.4 is 0 Å². The highest BCUT2D eigenvalue weighted by molar-refractivity contribution is 5.33. The Bertz CT molecular complexity index is 312. The van der Waals surface area contributed by atoms with Crippen LogP contribution >= 0.6 is 0 Å². The van der Waals surface area contributed by atoms with Gasteiger partial charge in [-0.1, -0.05) is 20.8 Å². The van der Waals surface area contributed by atoms with Gasteiger partial charge in [0.05, 0.1) is 5.69 Å². The average molecular weight is 196 g/mol. The number of aromatic nitrogens is 2. The third-order valence-corrected chi connectivity index (χ3v) is 2.46. The normalized spacial score (nSPS) is 23.8. The summed E-state index contributed by atoms with van der Waals surface area (Å²) in [5.74, 6) is 0.274. The zero-order valence-electron chi connectivity index (χ0n) is 9.21. The van der Waals surface area contributed by atoms with Gasteiger partial charge in [-0.25, -0.2) is 14.4 Å². The third-order valence-electron chi connectivity index (χ3n) is 2.46. The van der Waals surface area contributed by atoms with Gasteiger partial charge in [0.15, 0.2) is 0 Å². The van der Waals surface area contributed by atoms with Gasteiger partial charge in [-0.3, -0.25) is 0 Å². The van der Waals surface area contributed by atoms with E-state index in [4.69, 9.17) is 0 Å². The molecule has 0 saturated carbocycles. The van der Waals surface area contributed by atoms with E-state index < -0.39 is 6.17 Å². The fourth-order valence-corrected chi connectivity index (χ4v) is 1.90. The molecule has 0 aliphatic heterocycles. The predicted octanol–water partition coefficient (Wildman–Crippen LogP) is 3.33. The van der Waals surface area contributed by atoms with Crippen LogP contribution in [0.15, 0.2) is 6.33 Å². The standard InChI is InChI=1S/C9H11FN2.C2H6/c1-5-3-7(10)9-8(5)6(2)11-4-12-9;1-2/h4-5,7H,3H2,1-2H3;1-2H3/t5-,7+;/m1./s1. The molecule has 78 valence electrons. The number of hydrogen-bond donors (Lipinski definition) is 0. The Kier molecular flexibility index (Phi) is 3.55. The summed E-state index contributed by atoms with van der Waals surface area (Å²) in [7, 11) is 0. The number of alkyl halides is 1. The Morgan fingerprint density at radius 2 is 2.00 bits per heavy atom. The van der Waals surface area contributed by atoms with Crippen molar-refractivity contribution >= 4 is 0 Å². The van der Waals surface area contributed by atoms with Gasteiger partial charge in [0.25, 0.3) is 0 Å². The summed E-state index contributed by atoms with van der Waals surface area (Å²) in [5.41, 5.74) is 2.55. The van der Waals surface area contributed by atoms with E-state index >= 15 is 0 Å². The molecule has 1 aliphatic rings. The summed E-state index contributed by atoms with van der Waals surface area (Å²) in [4.78, 5) is 8.02. The molecule has 0 radical (unpaired) electrons. The van der Waals surface area contributed by atoms with Crippen LogP contribution in [0.25, 0.3) is 0 Å². The van der Waals surface area contributed by atoms with Gasteiger partial charge in [-0.05, 0) is 19.3 Å². The van der Waals surface area contributed by atoms with E-state index in [0.29, 0.717) is 12.1 Å². The molecule has 0 amide bonds. The van der Waals surface area contributed by atoms with Gasteiger partial charge in [0.2, 0.25) is 0 Å². The molecule has 2 atom stereocenters. The maximum atomic E-state index is 13.3. The third kappa shape index (κ3) is 1.76. The van der Waals surface area contributed by atoms with Gasteiger partial charge in [-0.2, -0.15) is 0 Å². The van der Waals surface area contributed by atoms with E-state index in [1.54, 1.807) is 0 Å². The molecule has 1 heterocycles. The molecule has 1 aliphatic carbocycles. The second-order valence-corrected chi connectivity index (χ2v) is 3.36. The maximum Gasteiger partial charge on any atom is 0.143 e. The van der Waals surface area contributed by atoms with Crippen molar-refractivity contribution in [3.05, 3.63) is 23.3 Å². The van der Waals surface area contributed by atoms with Crippen LogP contribution in [0.3, 0.4) is 0 Å². The van der Waals surface area contributed by atoms with Crippen molar-refractivity contribution in [1.29, 1.82) is 0 Å². The lowest BCUT2D eigenvalue weighted by atomic mass is 10.0. The zero-order chi connectivity index (χ0) is 10.7. The lowest BCUT2D eigenvalue weighted by Crippen LogP contribution is -1.97. The van der Waals surface area contributed by atoms with E-state index in [0.717, 1.165) is 11.3 Å². The molecule has 0 bridgehead atoms. The minimum atomic E-state index is -0.878. The number of fused-ring (bicyclic) bond motifs is 1. The maximum absolute atomic E-state index is 13.3. The second kappa shape index (κ2) is 4.49. The zero-order valence-corrected chi connectivity index (χ0v) is 9.21. The first kappa shape index (κ1) is 11.1. The average Bonchev–Trinajstić information content (AvgIpc) is 2.47. The predicted molar refractivity (Wildman–Crippen MR) is 55.0 cm³/mol. The highest BCUT2D eigenvalue weighted by Gasteiger charge is 2.30. The quantitative estimate of drug-likeness (QED) is 0.636. The van der Waals surface area contributed by atoms with E-state index in [2.05, 4.69) is 9.97 Å². The molecule has 2 nitrogen and oxygen atoms in total. The molecule has 0 unspecified atom stereocenters. The van der Waals surface area contributed by atoms with Crippen molar-refractivity contribution in [1.82, 2.24) is 9.97 Å². The molecular weight excluding hydrogens is 179 g/mol. The summed E-state index contributed by atoms with van der Waals surface area (Å²) in [5, 5.41) is 0. The fourth-order valence-electron chi connectivity index (χ4n) is 1.90. The fraction of sp³-hybridized carbons (Fsp3) is 0.636. The lowest BCUT2D eigenvalue weighted by molar-refractivity contribution is 0.326. The Morgan fingerprint density at radius 3 is 2.57 bits per heavy atom. The van der Waals surface area contributed by atoms with Crippen LogP contribution in [-0.4, -0.2) is 9.97 Å². The monoisotopic (exact) mass is 196 g/mol. The van der Waals surface area contributed by atoms with Gasteiger partial charge in [0.1, 0.15) is 12.5 Å². The Morgan fingerprint density at radius 1 is 1.36 bits per heavy atom. The number of rotatable bonds is 0. The topological polar surface area (TPSA) is 25.8 Å². The largest absolute Gasteiger partial charge is 0.241 e. The number of hydrogen-bond acceptors (Lipinski definition) is 2. The van der Waals surface area contributed by atoms with Crippen molar-refractivity contribution in [3.8, 4) is 0 Å². The van der Waals surface area contributed by atoms with E-state index in [-0.39, 0.29) is 5.92 Å². The SMILES string of the molecule is CC.Cc1ncnc2c1[C@H](C)C[C@@H]2F. The lowest BCUT2D eigenvalue weighted by Gasteiger charge is -2.04. The van der Waals surface area contributed by atoms with E-state index in [1.165, 1.54) is 6.33 Å². The highest BCUT2D eigenvalue weighted by Crippen LogP contribution is 2.41. The first-order valence-electron chi connectivity index (χ1n) is 5.15. The molecule has 2 rings (SSSR count). The van der Waals surface area contributed by atoms with Crippen molar-refractivity contribution in [2.45, 2.75) is 46.2 Å². The van der Waals surface area contributed by atoms with Crippen molar-refractivity contribution < 1.29 is 4.39 Å². The van der Waals surface area contributed by atoms with Gasteiger partial charge in [0, 0.05) is 11.3 Å². The van der Waals surface area contributed by atoms with E-state index in [9.17, 15) is 4.39 Å². The smallest absolute Gasteiger partial charge is 0.143 e. The van der Waals surface area contributed by atoms with Crippen LogP contribution in [0.5, 0.6) is 0 Å². The minimum absolute atomic E-state index is 0.274. The highest BCUT2D eigenvalue weighted by atomic mass is 19.1. The molecule has 14 heavy (non-hydrogen) atoms. The van der Waals surface area contributed by atoms with Crippen LogP contribution in [0, 0.1) is 6.92 Å². The number of aryl methyl sites for hydroxylation is 1. The second-order valence-electron chi connectivity index (χ2n) is 3.36. The molecule has 1 aromatic heterocycles. The molecule has 0 fully saturated rings. The van der Waals surface area contributed by atoms with Crippen LogP contribution in [0.1, 0.15) is 56.2 Å². The van der Waals surface area contributed by atoms with Crippen molar-refractivity contribution in [3.63, 3.8) is 0 Å². The number of halogens is 1. The summed E-state index contributed by atoms with van der Waals surface area (Å²) in [6, 6.07) is 0. The summed E-state index contributed by atoms with van der Waals surface area (Å²) < 4.78 is 13.3. The number of nitrogens with zero attached hydrogens (tertiary/aromatic N) is 2. The summed E-state index contributed by atoms with van der Waals surface area (Å²) >= 11 is 0. The molecule has 0 spiro atoms. The van der Waals surface area contributed by atoms with Crippen molar-refractivity contribution in [2.75, 3.05) is 0 Å².